The van der Waals surface area contributed by atoms with Crippen LogP contribution in [0.25, 0.3) is 0 Å². The zero-order valence-corrected chi connectivity index (χ0v) is 12.6. The largest absolute Gasteiger partial charge is 0.274 e. The molecule has 0 aromatic carbocycles. The van der Waals surface area contributed by atoms with Crippen LogP contribution in [0.3, 0.4) is 0 Å². The maximum atomic E-state index is 11.5. The molecule has 110 valence electrons. The van der Waals surface area contributed by atoms with Gasteiger partial charge in [0.2, 0.25) is 5.91 Å². The fourth-order valence-electron chi connectivity index (χ4n) is 2.37. The van der Waals surface area contributed by atoms with Gasteiger partial charge in [-0.1, -0.05) is 0 Å². The van der Waals surface area contributed by atoms with Crippen LogP contribution in [-0.2, 0) is 14.6 Å². The molecule has 0 unspecified atom stereocenters. The zero-order valence-electron chi connectivity index (χ0n) is 11.8. The third-order valence-electron chi connectivity index (χ3n) is 3.35. The molecule has 1 aliphatic rings. The molecule has 0 bridgehead atoms. The quantitative estimate of drug-likeness (QED) is 0.643. The Kier molecular flexibility index (Phi) is 3.94. The number of aryl methyl sites for hydroxylation is 1. The molecular formula is C12H18N4O3S. The summed E-state index contributed by atoms with van der Waals surface area (Å²) in [4.78, 5) is 10.8. The standard InChI is InChI=1S/C12H18N4O3S/c1-8-12(6-13-14-10(3)17)9(2)16(15-8)11-4-5-20(18,19)7-11/h6,11H,4-5,7H2,1-3H3,(H,14,17)/b13-6-/t11-/m1/s1. The minimum absolute atomic E-state index is 0.110. The monoisotopic (exact) mass is 298 g/mol. The first-order valence-electron chi connectivity index (χ1n) is 6.36. The number of amides is 1. The van der Waals surface area contributed by atoms with Crippen LogP contribution in [0.2, 0.25) is 0 Å². The lowest BCUT2D eigenvalue weighted by molar-refractivity contribution is -0.118. The maximum absolute atomic E-state index is 11.5. The third kappa shape index (κ3) is 3.06. The van der Waals surface area contributed by atoms with Gasteiger partial charge in [0.05, 0.1) is 29.5 Å². The van der Waals surface area contributed by atoms with Crippen LogP contribution < -0.4 is 5.43 Å². The maximum Gasteiger partial charge on any atom is 0.236 e. The third-order valence-corrected chi connectivity index (χ3v) is 5.10. The van der Waals surface area contributed by atoms with Crippen molar-refractivity contribution in [3.05, 3.63) is 17.0 Å². The molecule has 2 heterocycles. The topological polar surface area (TPSA) is 93.4 Å². The number of sulfone groups is 1. The normalized spacial score (nSPS) is 21.4. The van der Waals surface area contributed by atoms with Gasteiger partial charge in [-0.2, -0.15) is 10.2 Å². The van der Waals surface area contributed by atoms with Crippen molar-refractivity contribution in [2.45, 2.75) is 33.2 Å². The van der Waals surface area contributed by atoms with E-state index in [1.54, 1.807) is 10.9 Å². The number of hydrazone groups is 1. The molecule has 1 aliphatic heterocycles. The van der Waals surface area contributed by atoms with Gasteiger partial charge in [0.25, 0.3) is 0 Å². The molecule has 0 radical (unpaired) electrons. The summed E-state index contributed by atoms with van der Waals surface area (Å²) in [6, 6.07) is -0.110. The van der Waals surface area contributed by atoms with Crippen LogP contribution in [0, 0.1) is 13.8 Å². The number of rotatable bonds is 3. The molecule has 0 aliphatic carbocycles. The van der Waals surface area contributed by atoms with Crippen LogP contribution >= 0.6 is 0 Å². The Morgan fingerprint density at radius 2 is 2.20 bits per heavy atom. The molecule has 1 fully saturated rings. The number of carbonyl (C=O) groups excluding carboxylic acids is 1. The Morgan fingerprint density at radius 3 is 2.75 bits per heavy atom. The van der Waals surface area contributed by atoms with Crippen LogP contribution in [0.15, 0.2) is 5.10 Å². The molecule has 1 saturated heterocycles. The van der Waals surface area contributed by atoms with E-state index >= 15 is 0 Å². The fourth-order valence-corrected chi connectivity index (χ4v) is 4.07. The average Bonchev–Trinajstić information content (AvgIpc) is 2.82. The van der Waals surface area contributed by atoms with Gasteiger partial charge >= 0.3 is 0 Å². The van der Waals surface area contributed by atoms with Crippen molar-refractivity contribution < 1.29 is 13.2 Å². The number of hydrogen-bond acceptors (Lipinski definition) is 5. The predicted molar refractivity (Wildman–Crippen MR) is 75.4 cm³/mol. The van der Waals surface area contributed by atoms with E-state index in [1.807, 2.05) is 13.8 Å². The summed E-state index contributed by atoms with van der Waals surface area (Å²) in [7, 11) is -2.94. The van der Waals surface area contributed by atoms with Crippen molar-refractivity contribution in [3.8, 4) is 0 Å². The molecule has 2 rings (SSSR count). The summed E-state index contributed by atoms with van der Waals surface area (Å²) in [6.45, 7) is 5.09. The summed E-state index contributed by atoms with van der Waals surface area (Å²) < 4.78 is 24.9. The fraction of sp³-hybridized carbons (Fsp3) is 0.583. The van der Waals surface area contributed by atoms with E-state index in [9.17, 15) is 13.2 Å². The van der Waals surface area contributed by atoms with Crippen LogP contribution in [0.4, 0.5) is 0 Å². The van der Waals surface area contributed by atoms with Crippen molar-refractivity contribution in [3.63, 3.8) is 0 Å². The molecule has 8 heteroatoms. The number of hydrogen-bond donors (Lipinski definition) is 1. The molecule has 1 aromatic rings. The van der Waals surface area contributed by atoms with Gasteiger partial charge in [0.1, 0.15) is 0 Å². The molecule has 1 amide bonds. The van der Waals surface area contributed by atoms with Crippen molar-refractivity contribution in [1.82, 2.24) is 15.2 Å². The van der Waals surface area contributed by atoms with Crippen LogP contribution in [-0.4, -0.2) is 41.8 Å². The molecule has 1 aromatic heterocycles. The Morgan fingerprint density at radius 1 is 1.50 bits per heavy atom. The van der Waals surface area contributed by atoms with Crippen molar-refractivity contribution in [1.29, 1.82) is 0 Å². The van der Waals surface area contributed by atoms with Gasteiger partial charge in [0, 0.05) is 18.2 Å². The molecule has 1 atom stereocenters. The zero-order chi connectivity index (χ0) is 14.9. The van der Waals surface area contributed by atoms with Gasteiger partial charge in [-0.15, -0.1) is 0 Å². The van der Waals surface area contributed by atoms with E-state index in [1.165, 1.54) is 6.92 Å². The lowest BCUT2D eigenvalue weighted by Gasteiger charge is -2.10. The highest BCUT2D eigenvalue weighted by Gasteiger charge is 2.31. The van der Waals surface area contributed by atoms with E-state index in [0.717, 1.165) is 17.0 Å². The summed E-state index contributed by atoms with van der Waals surface area (Å²) in [6.07, 6.45) is 2.13. The van der Waals surface area contributed by atoms with Gasteiger partial charge < -0.3 is 0 Å². The van der Waals surface area contributed by atoms with Gasteiger partial charge in [0.15, 0.2) is 9.84 Å². The highest BCUT2D eigenvalue weighted by Crippen LogP contribution is 2.26. The summed E-state index contributed by atoms with van der Waals surface area (Å²) >= 11 is 0. The summed E-state index contributed by atoms with van der Waals surface area (Å²) in [5, 5.41) is 8.24. The van der Waals surface area contributed by atoms with Crippen molar-refractivity contribution >= 4 is 22.0 Å². The lowest BCUT2D eigenvalue weighted by Crippen LogP contribution is -2.14. The van der Waals surface area contributed by atoms with Crippen molar-refractivity contribution in [2.75, 3.05) is 11.5 Å². The first kappa shape index (κ1) is 14.7. The highest BCUT2D eigenvalue weighted by molar-refractivity contribution is 7.91. The minimum atomic E-state index is -2.94. The minimum Gasteiger partial charge on any atom is -0.274 e. The number of aromatic nitrogens is 2. The van der Waals surface area contributed by atoms with Crippen molar-refractivity contribution in [2.24, 2.45) is 5.10 Å². The number of carbonyl (C=O) groups is 1. The Bertz CT molecular complexity index is 660. The molecule has 7 nitrogen and oxygen atoms in total. The Labute approximate surface area is 118 Å². The van der Waals surface area contributed by atoms with Gasteiger partial charge in [-0.05, 0) is 20.3 Å². The summed E-state index contributed by atoms with van der Waals surface area (Å²) in [5.74, 6) is 0.105. The first-order valence-corrected chi connectivity index (χ1v) is 8.18. The average molecular weight is 298 g/mol. The smallest absolute Gasteiger partial charge is 0.236 e. The van der Waals surface area contributed by atoms with Gasteiger partial charge in [-0.3, -0.25) is 9.48 Å². The number of nitrogens with zero attached hydrogens (tertiary/aromatic N) is 3. The molecule has 0 saturated carbocycles. The van der Waals surface area contributed by atoms with Gasteiger partial charge in [-0.25, -0.2) is 13.8 Å². The van der Waals surface area contributed by atoms with Crippen LogP contribution in [0.1, 0.15) is 36.3 Å². The molecule has 0 spiro atoms. The predicted octanol–water partition coefficient (Wildman–Crippen LogP) is 0.330. The van der Waals surface area contributed by atoms with E-state index in [-0.39, 0.29) is 23.5 Å². The lowest BCUT2D eigenvalue weighted by atomic mass is 10.2. The van der Waals surface area contributed by atoms with E-state index in [2.05, 4.69) is 15.6 Å². The molecular weight excluding hydrogens is 280 g/mol. The Balaban J connectivity index is 2.25. The molecule has 1 N–H and O–H groups in total. The second-order valence-electron chi connectivity index (χ2n) is 5.01. The van der Waals surface area contributed by atoms with E-state index in [4.69, 9.17) is 0 Å². The highest BCUT2D eigenvalue weighted by atomic mass is 32.2. The van der Waals surface area contributed by atoms with Crippen LogP contribution in [0.5, 0.6) is 0 Å². The SMILES string of the molecule is CC(=O)N/N=C\c1c(C)nn([C@@H]2CCS(=O)(=O)C2)c1C. The van der Waals surface area contributed by atoms with E-state index < -0.39 is 9.84 Å². The first-order chi connectivity index (χ1) is 9.30. The summed E-state index contributed by atoms with van der Waals surface area (Å²) in [5.41, 5.74) is 4.77. The second-order valence-corrected chi connectivity index (χ2v) is 7.24. The molecule has 20 heavy (non-hydrogen) atoms. The second kappa shape index (κ2) is 5.35. The van der Waals surface area contributed by atoms with E-state index in [0.29, 0.717) is 6.42 Å². The Hall–Kier alpha value is -1.70. The number of nitrogens with one attached hydrogen (secondary N) is 1.